The number of rotatable bonds is 8. The Balaban J connectivity index is 0.00000301. The highest BCUT2D eigenvalue weighted by Gasteiger charge is 2.10. The van der Waals surface area contributed by atoms with E-state index in [0.717, 1.165) is 0 Å². The first kappa shape index (κ1) is 22.7. The molecule has 140 valence electrons. The van der Waals surface area contributed by atoms with Crippen LogP contribution >= 0.6 is 0 Å². The molecule has 1 aromatic heterocycles. The van der Waals surface area contributed by atoms with Crippen LogP contribution in [0.1, 0.15) is 35.9 Å². The third-order valence-electron chi connectivity index (χ3n) is 3.08. The third-order valence-corrected chi connectivity index (χ3v) is 3.08. The number of nitrogens with one attached hydrogen (secondary N) is 1. The van der Waals surface area contributed by atoms with Crippen molar-refractivity contribution < 1.29 is 19.6 Å². The molecule has 8 nitrogen and oxygen atoms in total. The van der Waals surface area contributed by atoms with E-state index in [4.69, 9.17) is 5.11 Å². The van der Waals surface area contributed by atoms with Crippen molar-refractivity contribution in [3.05, 3.63) is 76.3 Å². The van der Waals surface area contributed by atoms with Gasteiger partial charge < -0.3 is 10.4 Å². The van der Waals surface area contributed by atoms with Gasteiger partial charge in [0.15, 0.2) is 0 Å². The first-order chi connectivity index (χ1) is 12.3. The molecule has 0 aromatic carbocycles. The van der Waals surface area contributed by atoms with Crippen LogP contribution in [-0.2, 0) is 4.79 Å². The molecule has 0 saturated carbocycles. The summed E-state index contributed by atoms with van der Waals surface area (Å²) in [4.78, 5) is 37.0. The van der Waals surface area contributed by atoms with Gasteiger partial charge in [-0.15, -0.1) is 13.2 Å². The largest absolute Gasteiger partial charge is 0.481 e. The van der Waals surface area contributed by atoms with Crippen LogP contribution in [0.25, 0.3) is 0 Å². The SMILES string of the molecule is C/C(=C\C/C=C(\CNC(=O)c1cccc(C)n1)CC(=O)O)[N+](=O)[O-].C=C. The molecule has 0 aliphatic heterocycles. The van der Waals surface area contributed by atoms with Gasteiger partial charge in [-0.25, -0.2) is 4.98 Å². The number of nitrogens with zero attached hydrogens (tertiary/aromatic N) is 2. The Labute approximate surface area is 152 Å². The number of allylic oxidation sites excluding steroid dienone is 3. The van der Waals surface area contributed by atoms with E-state index in [9.17, 15) is 19.7 Å². The van der Waals surface area contributed by atoms with E-state index >= 15 is 0 Å². The zero-order valence-corrected chi connectivity index (χ0v) is 14.9. The molecule has 2 N–H and O–H groups in total. The Morgan fingerprint density at radius 3 is 2.54 bits per heavy atom. The highest BCUT2D eigenvalue weighted by molar-refractivity contribution is 5.92. The maximum Gasteiger partial charge on any atom is 0.307 e. The summed E-state index contributed by atoms with van der Waals surface area (Å²) in [5, 5.41) is 22.0. The number of pyridine rings is 1. The number of carbonyl (C=O) groups excluding carboxylic acids is 1. The number of aromatic nitrogens is 1. The Morgan fingerprint density at radius 2 is 2.00 bits per heavy atom. The number of carbonyl (C=O) groups is 2. The molecule has 0 spiro atoms. The minimum absolute atomic E-state index is 0.0195. The number of nitro groups is 1. The fourth-order valence-electron chi connectivity index (χ4n) is 1.83. The maximum absolute atomic E-state index is 12.0. The van der Waals surface area contributed by atoms with Crippen molar-refractivity contribution in [2.45, 2.75) is 26.7 Å². The summed E-state index contributed by atoms with van der Waals surface area (Å²) in [7, 11) is 0. The average Bonchev–Trinajstić information content (AvgIpc) is 2.60. The molecule has 1 heterocycles. The summed E-state index contributed by atoms with van der Waals surface area (Å²) >= 11 is 0. The second kappa shape index (κ2) is 12.1. The number of hydrogen-bond donors (Lipinski definition) is 2. The van der Waals surface area contributed by atoms with E-state index in [1.807, 2.05) is 0 Å². The average molecular weight is 361 g/mol. The van der Waals surface area contributed by atoms with Crippen molar-refractivity contribution in [1.82, 2.24) is 10.3 Å². The van der Waals surface area contributed by atoms with Crippen LogP contribution in [0.2, 0.25) is 0 Å². The second-order valence-electron chi connectivity index (χ2n) is 5.12. The monoisotopic (exact) mass is 361 g/mol. The molecular weight excluding hydrogens is 338 g/mol. The van der Waals surface area contributed by atoms with Crippen LogP contribution in [0, 0.1) is 17.0 Å². The summed E-state index contributed by atoms with van der Waals surface area (Å²) in [6.45, 7) is 9.15. The van der Waals surface area contributed by atoms with E-state index in [-0.39, 0.29) is 30.8 Å². The fourth-order valence-corrected chi connectivity index (χ4v) is 1.83. The van der Waals surface area contributed by atoms with Gasteiger partial charge in [0.1, 0.15) is 5.69 Å². The lowest BCUT2D eigenvalue weighted by Crippen LogP contribution is -2.27. The standard InChI is InChI=1S/C16H19N3O5.C2H4/c1-11-5-3-8-14(18-11)16(22)17-10-13(9-15(20)21)7-4-6-12(2)19(23)24;1-2/h3,5-8H,4,9-10H2,1-2H3,(H,17,22)(H,20,21);1-2H2/b12-6+,13-7-;. The van der Waals surface area contributed by atoms with Crippen LogP contribution in [0.4, 0.5) is 0 Å². The number of carboxylic acid groups (broad SMARTS) is 1. The number of hydrogen-bond acceptors (Lipinski definition) is 5. The van der Waals surface area contributed by atoms with Crippen molar-refractivity contribution in [3.8, 4) is 0 Å². The minimum Gasteiger partial charge on any atom is -0.481 e. The third kappa shape index (κ3) is 9.11. The normalized spacial score (nSPS) is 11.2. The van der Waals surface area contributed by atoms with Gasteiger partial charge in [-0.05, 0) is 37.1 Å². The highest BCUT2D eigenvalue weighted by atomic mass is 16.6. The molecule has 1 rings (SSSR count). The van der Waals surface area contributed by atoms with Crippen LogP contribution < -0.4 is 5.32 Å². The summed E-state index contributed by atoms with van der Waals surface area (Å²) in [5.41, 5.74) is 1.38. The Kier molecular flexibility index (Phi) is 10.6. The lowest BCUT2D eigenvalue weighted by Gasteiger charge is -2.07. The van der Waals surface area contributed by atoms with E-state index in [1.54, 1.807) is 31.2 Å². The molecule has 26 heavy (non-hydrogen) atoms. The molecule has 8 heteroatoms. The molecule has 1 amide bonds. The van der Waals surface area contributed by atoms with Gasteiger partial charge in [-0.3, -0.25) is 19.7 Å². The lowest BCUT2D eigenvalue weighted by molar-refractivity contribution is -0.424. The van der Waals surface area contributed by atoms with Gasteiger partial charge in [0.2, 0.25) is 5.70 Å². The molecule has 0 bridgehead atoms. The van der Waals surface area contributed by atoms with E-state index < -0.39 is 16.8 Å². The van der Waals surface area contributed by atoms with Crippen LogP contribution in [0.15, 0.2) is 54.8 Å². The van der Waals surface area contributed by atoms with Crippen LogP contribution in [-0.4, -0.2) is 33.4 Å². The van der Waals surface area contributed by atoms with Gasteiger partial charge >= 0.3 is 5.97 Å². The summed E-state index contributed by atoms with van der Waals surface area (Å²) in [6.07, 6.45) is 2.90. The first-order valence-electron chi connectivity index (χ1n) is 7.72. The molecule has 1 aromatic rings. The molecule has 0 radical (unpaired) electrons. The molecule has 0 atom stereocenters. The second-order valence-corrected chi connectivity index (χ2v) is 5.12. The van der Waals surface area contributed by atoms with Crippen molar-refractivity contribution in [3.63, 3.8) is 0 Å². The first-order valence-corrected chi connectivity index (χ1v) is 7.72. The highest BCUT2D eigenvalue weighted by Crippen LogP contribution is 2.06. The van der Waals surface area contributed by atoms with E-state index in [0.29, 0.717) is 11.3 Å². The van der Waals surface area contributed by atoms with Crippen LogP contribution in [0.3, 0.4) is 0 Å². The minimum atomic E-state index is -1.04. The number of aliphatic carboxylic acids is 1. The number of carboxylic acids is 1. The fraction of sp³-hybridized carbons (Fsp3) is 0.278. The smallest absolute Gasteiger partial charge is 0.307 e. The van der Waals surface area contributed by atoms with Crippen molar-refractivity contribution >= 4 is 11.9 Å². The molecule has 0 aliphatic rings. The predicted octanol–water partition coefficient (Wildman–Crippen LogP) is 2.89. The predicted molar refractivity (Wildman–Crippen MR) is 98.3 cm³/mol. The topological polar surface area (TPSA) is 122 Å². The zero-order chi connectivity index (χ0) is 20.1. The van der Waals surface area contributed by atoms with Gasteiger partial charge in [0.25, 0.3) is 5.91 Å². The van der Waals surface area contributed by atoms with Crippen molar-refractivity contribution in [2.75, 3.05) is 6.54 Å². The summed E-state index contributed by atoms with van der Waals surface area (Å²) < 4.78 is 0. The van der Waals surface area contributed by atoms with Gasteiger partial charge in [-0.1, -0.05) is 12.1 Å². The van der Waals surface area contributed by atoms with Crippen molar-refractivity contribution in [2.24, 2.45) is 0 Å². The van der Waals surface area contributed by atoms with Crippen LogP contribution in [0.5, 0.6) is 0 Å². The van der Waals surface area contributed by atoms with Gasteiger partial charge in [-0.2, -0.15) is 0 Å². The summed E-state index contributed by atoms with van der Waals surface area (Å²) in [5.74, 6) is -1.45. The Hall–Kier alpha value is -3.29. The van der Waals surface area contributed by atoms with Crippen molar-refractivity contribution in [1.29, 1.82) is 0 Å². The Bertz CT molecular complexity index is 711. The lowest BCUT2D eigenvalue weighted by atomic mass is 10.1. The Morgan fingerprint density at radius 1 is 1.35 bits per heavy atom. The summed E-state index contributed by atoms with van der Waals surface area (Å²) in [6, 6.07) is 5.03. The number of aryl methyl sites for hydroxylation is 1. The molecule has 0 saturated heterocycles. The molecule has 0 aliphatic carbocycles. The molecule has 0 fully saturated rings. The van der Waals surface area contributed by atoms with E-state index in [1.165, 1.54) is 13.0 Å². The van der Waals surface area contributed by atoms with Gasteiger partial charge in [0.05, 0.1) is 11.3 Å². The maximum atomic E-state index is 12.0. The quantitative estimate of drug-likeness (QED) is 0.417. The van der Waals surface area contributed by atoms with E-state index in [2.05, 4.69) is 23.5 Å². The zero-order valence-electron chi connectivity index (χ0n) is 14.9. The van der Waals surface area contributed by atoms with Gasteiger partial charge in [0, 0.05) is 19.2 Å². The molecular formula is C18H23N3O5. The number of amides is 1. The molecule has 0 unspecified atom stereocenters.